The number of nitrogens with zero attached hydrogens (tertiary/aromatic N) is 3. The van der Waals surface area contributed by atoms with Crippen LogP contribution in [0.3, 0.4) is 0 Å². The molecule has 0 radical (unpaired) electrons. The van der Waals surface area contributed by atoms with Crippen LogP contribution in [0.1, 0.15) is 16.2 Å². The number of pyridine rings is 1. The topological polar surface area (TPSA) is 136 Å². The van der Waals surface area contributed by atoms with Crippen molar-refractivity contribution in [3.63, 3.8) is 0 Å². The normalized spacial score (nSPS) is 11.7. The van der Waals surface area contributed by atoms with Gasteiger partial charge in [-0.3, -0.25) is 23.9 Å². The van der Waals surface area contributed by atoms with Crippen LogP contribution in [0.5, 0.6) is 0 Å². The summed E-state index contributed by atoms with van der Waals surface area (Å²) in [6.45, 7) is 0. The molecule has 132 valence electrons. The van der Waals surface area contributed by atoms with E-state index in [-0.39, 0.29) is 12.1 Å². The molecule has 3 rings (SSSR count). The molecule has 0 aliphatic rings. The third-order valence-electron chi connectivity index (χ3n) is 3.76. The van der Waals surface area contributed by atoms with Crippen molar-refractivity contribution in [1.29, 1.82) is 0 Å². The minimum absolute atomic E-state index is 0.115. The highest BCUT2D eigenvalue weighted by Crippen LogP contribution is 2.11. The highest BCUT2D eigenvalue weighted by molar-refractivity contribution is 6.38. The standard InChI is InChI=1S/C17H16N6O3/c18-16(25)15(24)13(8-11-2-1-5-21-11)22-17(26)14-9-20-10-23(14)12-3-6-19-7-4-12/h1-7,9-10,13,21H,8H2,(H2,18,25)(H,22,26). The average molecular weight is 352 g/mol. The summed E-state index contributed by atoms with van der Waals surface area (Å²) in [6, 6.07) is 5.84. The molecule has 0 aromatic carbocycles. The number of amides is 2. The number of aromatic nitrogens is 4. The van der Waals surface area contributed by atoms with E-state index in [0.717, 1.165) is 0 Å². The fourth-order valence-corrected chi connectivity index (χ4v) is 2.50. The predicted octanol–water partition coefficient (Wildman–Crippen LogP) is -0.00910. The third-order valence-corrected chi connectivity index (χ3v) is 3.76. The van der Waals surface area contributed by atoms with Crippen LogP contribution in [0.2, 0.25) is 0 Å². The molecule has 0 aliphatic carbocycles. The molecule has 9 nitrogen and oxygen atoms in total. The van der Waals surface area contributed by atoms with Gasteiger partial charge in [-0.15, -0.1) is 0 Å². The Morgan fingerprint density at radius 2 is 1.96 bits per heavy atom. The van der Waals surface area contributed by atoms with Crippen molar-refractivity contribution in [2.24, 2.45) is 5.73 Å². The molecule has 3 heterocycles. The van der Waals surface area contributed by atoms with E-state index in [2.05, 4.69) is 20.3 Å². The Labute approximate surface area is 148 Å². The summed E-state index contributed by atoms with van der Waals surface area (Å²) in [6.07, 6.45) is 7.81. The molecule has 0 fully saturated rings. The summed E-state index contributed by atoms with van der Waals surface area (Å²) in [7, 11) is 0. The lowest BCUT2D eigenvalue weighted by Gasteiger charge is -2.16. The summed E-state index contributed by atoms with van der Waals surface area (Å²) in [4.78, 5) is 46.9. The molecule has 0 saturated heterocycles. The average Bonchev–Trinajstić information content (AvgIpc) is 3.32. The summed E-state index contributed by atoms with van der Waals surface area (Å²) in [5, 5.41) is 2.56. The van der Waals surface area contributed by atoms with E-state index in [9.17, 15) is 14.4 Å². The van der Waals surface area contributed by atoms with Gasteiger partial charge in [0.05, 0.1) is 18.2 Å². The van der Waals surface area contributed by atoms with Gasteiger partial charge in [0.15, 0.2) is 0 Å². The van der Waals surface area contributed by atoms with Gasteiger partial charge in [-0.1, -0.05) is 0 Å². The molecule has 0 bridgehead atoms. The molecular weight excluding hydrogens is 336 g/mol. The van der Waals surface area contributed by atoms with E-state index in [1.807, 2.05) is 0 Å². The Bertz CT molecular complexity index is 917. The first-order valence-electron chi connectivity index (χ1n) is 7.76. The SMILES string of the molecule is NC(=O)C(=O)C(Cc1ccc[nH]1)NC(=O)c1cncn1-c1ccncc1. The number of Topliss-reactive ketones (excluding diaryl/α,β-unsaturated/α-hetero) is 1. The van der Waals surface area contributed by atoms with E-state index in [0.29, 0.717) is 11.4 Å². The maximum atomic E-state index is 12.7. The zero-order valence-electron chi connectivity index (χ0n) is 13.6. The number of aromatic amines is 1. The van der Waals surface area contributed by atoms with Gasteiger partial charge in [0.25, 0.3) is 11.8 Å². The molecule has 26 heavy (non-hydrogen) atoms. The predicted molar refractivity (Wildman–Crippen MR) is 91.3 cm³/mol. The number of imidazole rings is 1. The van der Waals surface area contributed by atoms with Crippen molar-refractivity contribution >= 4 is 17.6 Å². The number of nitrogens with two attached hydrogens (primary N) is 1. The first kappa shape index (κ1) is 17.1. The van der Waals surface area contributed by atoms with Crippen LogP contribution in [0.15, 0.2) is 55.4 Å². The van der Waals surface area contributed by atoms with Gasteiger partial charge in [-0.05, 0) is 24.3 Å². The van der Waals surface area contributed by atoms with Crippen molar-refractivity contribution in [2.45, 2.75) is 12.5 Å². The summed E-state index contributed by atoms with van der Waals surface area (Å²) in [5.74, 6) is -2.53. The van der Waals surface area contributed by atoms with Gasteiger partial charge in [0.2, 0.25) is 5.78 Å². The van der Waals surface area contributed by atoms with Crippen LogP contribution in [-0.2, 0) is 16.0 Å². The maximum Gasteiger partial charge on any atom is 0.287 e. The first-order valence-corrected chi connectivity index (χ1v) is 7.76. The Hall–Kier alpha value is -3.75. The number of primary amides is 1. The lowest BCUT2D eigenvalue weighted by atomic mass is 10.1. The molecule has 2 amide bonds. The van der Waals surface area contributed by atoms with Crippen molar-refractivity contribution in [1.82, 2.24) is 24.8 Å². The minimum atomic E-state index is -1.11. The molecule has 0 aliphatic heterocycles. The number of ketones is 1. The molecule has 9 heteroatoms. The zero-order chi connectivity index (χ0) is 18.5. The van der Waals surface area contributed by atoms with Gasteiger partial charge in [0.1, 0.15) is 11.7 Å². The smallest absolute Gasteiger partial charge is 0.287 e. The fraction of sp³-hybridized carbons (Fsp3) is 0.118. The summed E-state index contributed by atoms with van der Waals surface area (Å²) >= 11 is 0. The third kappa shape index (κ3) is 3.66. The van der Waals surface area contributed by atoms with Gasteiger partial charge < -0.3 is 16.0 Å². The Morgan fingerprint density at radius 3 is 2.62 bits per heavy atom. The molecule has 1 atom stereocenters. The number of nitrogens with one attached hydrogen (secondary N) is 2. The largest absolute Gasteiger partial charge is 0.365 e. The molecule has 0 saturated carbocycles. The Morgan fingerprint density at radius 1 is 1.19 bits per heavy atom. The number of rotatable bonds is 7. The van der Waals surface area contributed by atoms with Crippen LogP contribution in [0.4, 0.5) is 0 Å². The van der Waals surface area contributed by atoms with Crippen LogP contribution < -0.4 is 11.1 Å². The Balaban J connectivity index is 1.83. The zero-order valence-corrected chi connectivity index (χ0v) is 13.6. The van der Waals surface area contributed by atoms with Gasteiger partial charge in [0, 0.05) is 30.7 Å². The van der Waals surface area contributed by atoms with Crippen molar-refractivity contribution in [2.75, 3.05) is 0 Å². The number of carbonyl (C=O) groups is 3. The van der Waals surface area contributed by atoms with E-state index in [4.69, 9.17) is 5.73 Å². The second kappa shape index (κ2) is 7.43. The highest BCUT2D eigenvalue weighted by atomic mass is 16.2. The summed E-state index contributed by atoms with van der Waals surface area (Å²) in [5.41, 5.74) is 6.69. The van der Waals surface area contributed by atoms with Gasteiger partial charge >= 0.3 is 0 Å². The highest BCUT2D eigenvalue weighted by Gasteiger charge is 2.27. The van der Waals surface area contributed by atoms with Crippen LogP contribution in [0.25, 0.3) is 5.69 Å². The fourth-order valence-electron chi connectivity index (χ4n) is 2.50. The quantitative estimate of drug-likeness (QED) is 0.514. The van der Waals surface area contributed by atoms with Crippen LogP contribution in [-0.4, -0.2) is 43.2 Å². The van der Waals surface area contributed by atoms with E-state index >= 15 is 0 Å². The lowest BCUT2D eigenvalue weighted by Crippen LogP contribution is -2.47. The number of H-pyrrole nitrogens is 1. The lowest BCUT2D eigenvalue weighted by molar-refractivity contribution is -0.137. The number of hydrogen-bond donors (Lipinski definition) is 3. The monoisotopic (exact) mass is 352 g/mol. The second-order valence-corrected chi connectivity index (χ2v) is 5.51. The molecule has 3 aromatic heterocycles. The molecular formula is C17H16N6O3. The number of hydrogen-bond acceptors (Lipinski definition) is 5. The summed E-state index contributed by atoms with van der Waals surface area (Å²) < 4.78 is 1.55. The van der Waals surface area contributed by atoms with E-state index in [1.165, 1.54) is 12.5 Å². The second-order valence-electron chi connectivity index (χ2n) is 5.51. The maximum absolute atomic E-state index is 12.7. The first-order chi connectivity index (χ1) is 12.6. The van der Waals surface area contributed by atoms with Crippen LogP contribution >= 0.6 is 0 Å². The van der Waals surface area contributed by atoms with Gasteiger partial charge in [-0.25, -0.2) is 4.98 Å². The van der Waals surface area contributed by atoms with Crippen molar-refractivity contribution in [3.05, 3.63) is 66.8 Å². The minimum Gasteiger partial charge on any atom is -0.365 e. The van der Waals surface area contributed by atoms with Gasteiger partial charge in [-0.2, -0.15) is 0 Å². The Kier molecular flexibility index (Phi) is 4.88. The van der Waals surface area contributed by atoms with Crippen LogP contribution in [0, 0.1) is 0 Å². The molecule has 3 aromatic rings. The van der Waals surface area contributed by atoms with E-state index < -0.39 is 23.6 Å². The van der Waals surface area contributed by atoms with E-state index in [1.54, 1.807) is 47.4 Å². The number of carbonyl (C=O) groups excluding carboxylic acids is 3. The molecule has 4 N–H and O–H groups in total. The van der Waals surface area contributed by atoms with Crippen molar-refractivity contribution < 1.29 is 14.4 Å². The molecule has 1 unspecified atom stereocenters. The molecule has 0 spiro atoms. The van der Waals surface area contributed by atoms with Crippen molar-refractivity contribution in [3.8, 4) is 5.69 Å².